The van der Waals surface area contributed by atoms with Crippen LogP contribution in [0.15, 0.2) is 0 Å². The molecule has 0 amide bonds. The molecule has 0 spiro atoms. The van der Waals surface area contributed by atoms with Gasteiger partial charge in [-0.3, -0.25) is 4.79 Å². The Morgan fingerprint density at radius 2 is 1.83 bits per heavy atom. The molecule has 0 bridgehead atoms. The van der Waals surface area contributed by atoms with Crippen molar-refractivity contribution in [1.82, 2.24) is 0 Å². The average Bonchev–Trinajstić information content (AvgIpc) is 2.13. The van der Waals surface area contributed by atoms with Crippen LogP contribution in [0.1, 0.15) is 39.5 Å². The zero-order chi connectivity index (χ0) is 9.40. The number of carbonyl (C=O) groups excluding carboxylic acids is 1. The van der Waals surface area contributed by atoms with Crippen molar-refractivity contribution < 1.29 is 8.98 Å². The van der Waals surface area contributed by atoms with Crippen molar-refractivity contribution >= 4 is 17.8 Å². The lowest BCUT2D eigenvalue weighted by Crippen LogP contribution is -2.18. The van der Waals surface area contributed by atoms with E-state index in [9.17, 15) is 4.79 Å². The Morgan fingerprint density at radius 3 is 2.25 bits per heavy atom. The molecule has 0 heterocycles. The van der Waals surface area contributed by atoms with Gasteiger partial charge in [0, 0.05) is 19.1 Å². The standard InChI is InChI=1S/C7H12O2S.C2H6/c1-10-9-7-4-2-6(8)3-5-7;1-2/h7H,2-5H2,1H3;1-2H3. The van der Waals surface area contributed by atoms with Crippen LogP contribution in [-0.2, 0) is 8.98 Å². The predicted octanol–water partition coefficient (Wildman–Crippen LogP) is 2.82. The van der Waals surface area contributed by atoms with E-state index in [-0.39, 0.29) is 0 Å². The summed E-state index contributed by atoms with van der Waals surface area (Å²) < 4.78 is 5.30. The van der Waals surface area contributed by atoms with Crippen LogP contribution < -0.4 is 0 Å². The Kier molecular flexibility index (Phi) is 7.61. The summed E-state index contributed by atoms with van der Waals surface area (Å²) in [6, 6.07) is 0. The maximum absolute atomic E-state index is 10.8. The molecule has 0 N–H and O–H groups in total. The first-order valence-corrected chi connectivity index (χ1v) is 5.69. The SMILES string of the molecule is CC.CSOC1CCC(=O)CC1. The van der Waals surface area contributed by atoms with Gasteiger partial charge in [-0.05, 0) is 24.9 Å². The summed E-state index contributed by atoms with van der Waals surface area (Å²) >= 11 is 1.40. The van der Waals surface area contributed by atoms with Crippen molar-refractivity contribution in [2.24, 2.45) is 0 Å². The van der Waals surface area contributed by atoms with Gasteiger partial charge in [-0.1, -0.05) is 13.8 Å². The summed E-state index contributed by atoms with van der Waals surface area (Å²) in [6.07, 6.45) is 5.50. The maximum atomic E-state index is 10.8. The molecule has 1 rings (SSSR count). The summed E-state index contributed by atoms with van der Waals surface area (Å²) in [7, 11) is 0. The van der Waals surface area contributed by atoms with E-state index in [0.29, 0.717) is 24.7 Å². The number of ketones is 1. The zero-order valence-electron chi connectivity index (χ0n) is 8.13. The number of Topliss-reactive ketones (excluding diaryl/α,β-unsaturated/α-hetero) is 1. The molecule has 0 aromatic carbocycles. The Morgan fingerprint density at radius 1 is 1.33 bits per heavy atom. The first-order chi connectivity index (χ1) is 5.83. The van der Waals surface area contributed by atoms with E-state index >= 15 is 0 Å². The van der Waals surface area contributed by atoms with E-state index in [0.717, 1.165) is 12.8 Å². The summed E-state index contributed by atoms with van der Waals surface area (Å²) in [4.78, 5) is 10.8. The van der Waals surface area contributed by atoms with Gasteiger partial charge in [-0.25, -0.2) is 0 Å². The van der Waals surface area contributed by atoms with Crippen LogP contribution in [0.3, 0.4) is 0 Å². The Hall–Kier alpha value is -0.0200. The molecule has 1 fully saturated rings. The molecule has 0 unspecified atom stereocenters. The van der Waals surface area contributed by atoms with Gasteiger partial charge in [0.05, 0.1) is 6.10 Å². The van der Waals surface area contributed by atoms with Gasteiger partial charge in [-0.15, -0.1) is 0 Å². The second-order valence-electron chi connectivity index (χ2n) is 2.50. The number of hydrogen-bond acceptors (Lipinski definition) is 3. The lowest BCUT2D eigenvalue weighted by atomic mass is 9.97. The van der Waals surface area contributed by atoms with E-state index in [1.807, 2.05) is 20.1 Å². The van der Waals surface area contributed by atoms with Crippen molar-refractivity contribution in [2.45, 2.75) is 45.6 Å². The second kappa shape index (κ2) is 7.62. The molecule has 1 aliphatic carbocycles. The summed E-state index contributed by atoms with van der Waals surface area (Å²) in [6.45, 7) is 4.00. The van der Waals surface area contributed by atoms with Crippen LogP contribution in [0, 0.1) is 0 Å². The van der Waals surface area contributed by atoms with Gasteiger partial charge in [0.15, 0.2) is 0 Å². The highest BCUT2D eigenvalue weighted by Gasteiger charge is 2.18. The normalized spacial score (nSPS) is 18.4. The van der Waals surface area contributed by atoms with Gasteiger partial charge >= 0.3 is 0 Å². The summed E-state index contributed by atoms with van der Waals surface area (Å²) in [5.41, 5.74) is 0. The molecule has 0 radical (unpaired) electrons. The molecule has 1 saturated carbocycles. The molecule has 0 aromatic rings. The molecular formula is C9H18O2S. The van der Waals surface area contributed by atoms with Gasteiger partial charge in [0.25, 0.3) is 0 Å². The summed E-state index contributed by atoms with van der Waals surface area (Å²) in [5.74, 6) is 0.390. The molecule has 0 aromatic heterocycles. The fourth-order valence-electron chi connectivity index (χ4n) is 1.15. The Bertz CT molecular complexity index is 116. The van der Waals surface area contributed by atoms with E-state index in [4.69, 9.17) is 4.18 Å². The monoisotopic (exact) mass is 190 g/mol. The molecular weight excluding hydrogens is 172 g/mol. The lowest BCUT2D eigenvalue weighted by molar-refractivity contribution is -0.121. The van der Waals surface area contributed by atoms with Gasteiger partial charge in [0.1, 0.15) is 5.78 Å². The maximum Gasteiger partial charge on any atom is 0.133 e. The molecule has 0 atom stereocenters. The van der Waals surface area contributed by atoms with Crippen molar-refractivity contribution in [3.05, 3.63) is 0 Å². The van der Waals surface area contributed by atoms with Crippen molar-refractivity contribution in [3.63, 3.8) is 0 Å². The number of rotatable bonds is 2. The predicted molar refractivity (Wildman–Crippen MR) is 53.2 cm³/mol. The second-order valence-corrected chi connectivity index (χ2v) is 3.03. The van der Waals surface area contributed by atoms with E-state index in [1.54, 1.807) is 0 Å². The minimum Gasteiger partial charge on any atom is -0.312 e. The topological polar surface area (TPSA) is 26.3 Å². The fraction of sp³-hybridized carbons (Fsp3) is 0.889. The quantitative estimate of drug-likeness (QED) is 0.626. The van der Waals surface area contributed by atoms with Gasteiger partial charge in [-0.2, -0.15) is 0 Å². The third-order valence-corrected chi connectivity index (χ3v) is 2.19. The third-order valence-electron chi connectivity index (χ3n) is 1.72. The zero-order valence-corrected chi connectivity index (χ0v) is 8.95. The molecule has 0 saturated heterocycles. The van der Waals surface area contributed by atoms with Crippen molar-refractivity contribution in [3.8, 4) is 0 Å². The summed E-state index contributed by atoms with van der Waals surface area (Å²) in [5, 5.41) is 0. The molecule has 3 heteroatoms. The lowest BCUT2D eigenvalue weighted by Gasteiger charge is -2.18. The van der Waals surface area contributed by atoms with Crippen molar-refractivity contribution in [1.29, 1.82) is 0 Å². The highest BCUT2D eigenvalue weighted by molar-refractivity contribution is 7.93. The molecule has 0 aliphatic heterocycles. The minimum atomic E-state index is 0.327. The highest BCUT2D eigenvalue weighted by atomic mass is 32.2. The first-order valence-electron chi connectivity index (χ1n) is 4.54. The van der Waals surface area contributed by atoms with E-state index < -0.39 is 0 Å². The van der Waals surface area contributed by atoms with Crippen LogP contribution in [0.25, 0.3) is 0 Å². The van der Waals surface area contributed by atoms with E-state index in [1.165, 1.54) is 12.0 Å². The molecule has 2 nitrogen and oxygen atoms in total. The van der Waals surface area contributed by atoms with Gasteiger partial charge in [0.2, 0.25) is 0 Å². The number of hydrogen-bond donors (Lipinski definition) is 0. The minimum absolute atomic E-state index is 0.327. The van der Waals surface area contributed by atoms with Crippen LogP contribution in [0.5, 0.6) is 0 Å². The highest BCUT2D eigenvalue weighted by Crippen LogP contribution is 2.20. The average molecular weight is 190 g/mol. The Labute approximate surface area is 79.3 Å². The largest absolute Gasteiger partial charge is 0.312 e. The Balaban J connectivity index is 0.000000561. The van der Waals surface area contributed by atoms with Crippen LogP contribution >= 0.6 is 12.0 Å². The number of carbonyl (C=O) groups is 1. The van der Waals surface area contributed by atoms with Gasteiger partial charge < -0.3 is 4.18 Å². The fourth-order valence-corrected chi connectivity index (χ4v) is 1.61. The molecule has 1 aliphatic rings. The van der Waals surface area contributed by atoms with Crippen molar-refractivity contribution in [2.75, 3.05) is 6.26 Å². The first kappa shape index (κ1) is 12.0. The van der Waals surface area contributed by atoms with E-state index in [2.05, 4.69) is 0 Å². The molecule has 12 heavy (non-hydrogen) atoms. The van der Waals surface area contributed by atoms with Crippen LogP contribution in [0.2, 0.25) is 0 Å². The van der Waals surface area contributed by atoms with Crippen LogP contribution in [-0.4, -0.2) is 18.1 Å². The smallest absolute Gasteiger partial charge is 0.133 e. The molecule has 72 valence electrons. The third kappa shape index (κ3) is 4.78. The van der Waals surface area contributed by atoms with Crippen LogP contribution in [0.4, 0.5) is 0 Å².